The van der Waals surface area contributed by atoms with E-state index >= 15 is 0 Å². The lowest BCUT2D eigenvalue weighted by atomic mass is 10.0. The minimum atomic E-state index is 0.633. The molecule has 2 atom stereocenters. The molecule has 0 amide bonds. The van der Waals surface area contributed by atoms with Gasteiger partial charge in [0.25, 0.3) is 0 Å². The van der Waals surface area contributed by atoms with Crippen LogP contribution in [0.1, 0.15) is 79.1 Å². The molecule has 0 fully saturated rings. The maximum atomic E-state index is 6.52. The van der Waals surface area contributed by atoms with Crippen LogP contribution in [0.2, 0.25) is 0 Å². The quantitative estimate of drug-likeness (QED) is 0.245. The van der Waals surface area contributed by atoms with Crippen LogP contribution in [-0.2, 0) is 0 Å². The Hall–Kier alpha value is -1.26. The van der Waals surface area contributed by atoms with E-state index in [-0.39, 0.29) is 0 Å². The van der Waals surface area contributed by atoms with E-state index in [0.717, 1.165) is 24.7 Å². The fourth-order valence-electron chi connectivity index (χ4n) is 4.06. The molecule has 166 valence electrons. The number of thiophene rings is 2. The lowest BCUT2D eigenvalue weighted by molar-refractivity contribution is 0.235. The minimum absolute atomic E-state index is 0.633. The lowest BCUT2D eigenvalue weighted by Gasteiger charge is -2.19. The number of hydrogen-bond acceptors (Lipinski definition) is 4. The molecule has 0 aliphatic rings. The number of fused-ring (bicyclic) bond motifs is 2. The van der Waals surface area contributed by atoms with Gasteiger partial charge in [-0.25, -0.2) is 0 Å². The second kappa shape index (κ2) is 12.0. The van der Waals surface area contributed by atoms with Gasteiger partial charge in [-0.1, -0.05) is 66.2 Å². The van der Waals surface area contributed by atoms with E-state index < -0.39 is 0 Å². The zero-order valence-corrected chi connectivity index (χ0v) is 20.8. The Morgan fingerprint density at radius 2 is 1.13 bits per heavy atom. The summed E-state index contributed by atoms with van der Waals surface area (Å²) in [6, 6.07) is 4.42. The highest BCUT2D eigenvalue weighted by Gasteiger charge is 2.20. The fraction of sp³-hybridized carbons (Fsp3) is 0.615. The van der Waals surface area contributed by atoms with Crippen LogP contribution >= 0.6 is 22.7 Å². The third-order valence-electron chi connectivity index (χ3n) is 6.25. The summed E-state index contributed by atoms with van der Waals surface area (Å²) in [5.41, 5.74) is 0. The van der Waals surface area contributed by atoms with E-state index in [0.29, 0.717) is 11.8 Å². The van der Waals surface area contributed by atoms with Crippen LogP contribution in [0.5, 0.6) is 11.5 Å². The van der Waals surface area contributed by atoms with Crippen molar-refractivity contribution in [3.8, 4) is 11.5 Å². The van der Waals surface area contributed by atoms with Gasteiger partial charge in [-0.15, -0.1) is 22.7 Å². The highest BCUT2D eigenvalue weighted by atomic mass is 32.1. The molecule has 0 saturated heterocycles. The zero-order valence-electron chi connectivity index (χ0n) is 19.2. The van der Waals surface area contributed by atoms with Crippen molar-refractivity contribution in [2.75, 3.05) is 13.2 Å². The summed E-state index contributed by atoms with van der Waals surface area (Å²) in [6.45, 7) is 10.7. The first-order chi connectivity index (χ1) is 14.7. The average Bonchev–Trinajstić information content (AvgIpc) is 3.44. The molecule has 2 nitrogen and oxygen atoms in total. The van der Waals surface area contributed by atoms with E-state index in [1.165, 1.54) is 71.5 Å². The Balaban J connectivity index is 1.85. The van der Waals surface area contributed by atoms with Crippen LogP contribution in [0, 0.1) is 11.8 Å². The van der Waals surface area contributed by atoms with Crippen LogP contribution in [0.4, 0.5) is 0 Å². The molecule has 0 saturated carbocycles. The van der Waals surface area contributed by atoms with E-state index in [4.69, 9.17) is 9.47 Å². The van der Waals surface area contributed by atoms with Crippen LogP contribution in [0.3, 0.4) is 0 Å². The molecule has 2 aromatic heterocycles. The summed E-state index contributed by atoms with van der Waals surface area (Å²) >= 11 is 3.55. The van der Waals surface area contributed by atoms with E-state index in [1.807, 2.05) is 0 Å². The zero-order chi connectivity index (χ0) is 21.3. The van der Waals surface area contributed by atoms with Gasteiger partial charge < -0.3 is 9.47 Å². The Kier molecular flexibility index (Phi) is 9.32. The van der Waals surface area contributed by atoms with Crippen LogP contribution < -0.4 is 9.47 Å². The second-order valence-electron chi connectivity index (χ2n) is 8.44. The first kappa shape index (κ1) is 23.4. The molecule has 0 bridgehead atoms. The van der Waals surface area contributed by atoms with Crippen LogP contribution in [0.25, 0.3) is 20.2 Å². The lowest BCUT2D eigenvalue weighted by Crippen LogP contribution is -2.12. The van der Waals surface area contributed by atoms with Gasteiger partial charge in [-0.2, -0.15) is 0 Å². The van der Waals surface area contributed by atoms with Gasteiger partial charge in [0, 0.05) is 10.8 Å². The average molecular weight is 447 g/mol. The first-order valence-electron chi connectivity index (χ1n) is 11.9. The van der Waals surface area contributed by atoms with Crippen molar-refractivity contribution in [2.24, 2.45) is 11.8 Å². The van der Waals surface area contributed by atoms with Crippen molar-refractivity contribution in [3.63, 3.8) is 0 Å². The number of rotatable bonds is 14. The molecule has 0 radical (unpaired) electrons. The third-order valence-corrected chi connectivity index (χ3v) is 8.07. The molecule has 4 heteroatoms. The summed E-state index contributed by atoms with van der Waals surface area (Å²) in [4.78, 5) is 0. The Morgan fingerprint density at radius 1 is 0.700 bits per heavy atom. The maximum Gasteiger partial charge on any atom is 0.146 e. The van der Waals surface area contributed by atoms with Gasteiger partial charge in [0.2, 0.25) is 0 Å². The molecule has 2 heterocycles. The summed E-state index contributed by atoms with van der Waals surface area (Å²) in [5, 5.41) is 6.79. The van der Waals surface area contributed by atoms with E-state index in [1.54, 1.807) is 22.7 Å². The molecule has 0 unspecified atom stereocenters. The molecular weight excluding hydrogens is 408 g/mol. The van der Waals surface area contributed by atoms with Gasteiger partial charge in [-0.05, 0) is 47.6 Å². The third kappa shape index (κ3) is 5.50. The smallest absolute Gasteiger partial charge is 0.146 e. The van der Waals surface area contributed by atoms with Crippen molar-refractivity contribution < 1.29 is 9.47 Å². The monoisotopic (exact) mass is 446 g/mol. The first-order valence-corrected chi connectivity index (χ1v) is 13.6. The maximum absolute atomic E-state index is 6.52. The summed E-state index contributed by atoms with van der Waals surface area (Å²) in [5.74, 6) is 3.40. The van der Waals surface area contributed by atoms with E-state index in [2.05, 4.69) is 50.6 Å². The summed E-state index contributed by atoms with van der Waals surface area (Å²) < 4.78 is 15.5. The summed E-state index contributed by atoms with van der Waals surface area (Å²) in [6.07, 6.45) is 9.94. The predicted octanol–water partition coefficient (Wildman–Crippen LogP) is 9.31. The molecule has 3 rings (SSSR count). The number of unbranched alkanes of at least 4 members (excludes halogenated alkanes) is 2. The summed E-state index contributed by atoms with van der Waals surface area (Å²) in [7, 11) is 0. The molecular formula is C26H38O2S2. The van der Waals surface area contributed by atoms with Crippen molar-refractivity contribution in [3.05, 3.63) is 22.9 Å². The fourth-order valence-corrected chi connectivity index (χ4v) is 5.87. The SMILES string of the molecule is CCCC[C@@H](CC)COc1c2ccsc2c(OC[C@H](CC)CCCC)c2ccsc12. The minimum Gasteiger partial charge on any atom is -0.491 e. The highest BCUT2D eigenvalue weighted by Crippen LogP contribution is 2.47. The van der Waals surface area contributed by atoms with Gasteiger partial charge in [0.05, 0.1) is 22.6 Å². The molecule has 0 spiro atoms. The molecule has 3 aromatic rings. The Bertz CT molecular complexity index is 774. The predicted molar refractivity (Wildman–Crippen MR) is 135 cm³/mol. The van der Waals surface area contributed by atoms with Crippen molar-refractivity contribution in [2.45, 2.75) is 79.1 Å². The number of hydrogen-bond donors (Lipinski definition) is 0. The van der Waals surface area contributed by atoms with Gasteiger partial charge in [0.15, 0.2) is 0 Å². The second-order valence-corrected chi connectivity index (χ2v) is 10.3. The largest absolute Gasteiger partial charge is 0.491 e. The molecule has 30 heavy (non-hydrogen) atoms. The highest BCUT2D eigenvalue weighted by molar-refractivity contribution is 7.19. The van der Waals surface area contributed by atoms with Crippen LogP contribution in [-0.4, -0.2) is 13.2 Å². The molecule has 0 aliphatic carbocycles. The van der Waals surface area contributed by atoms with Gasteiger partial charge >= 0.3 is 0 Å². The standard InChI is InChI=1S/C26H38O2S2/c1-5-9-11-19(7-3)17-27-23-21-13-15-30-26(21)24(22-14-16-29-25(22)23)28-18-20(8-4)12-10-6-2/h13-16,19-20H,5-12,17-18H2,1-4H3/t19-,20-/m1/s1. The van der Waals surface area contributed by atoms with Gasteiger partial charge in [-0.3, -0.25) is 0 Å². The van der Waals surface area contributed by atoms with Gasteiger partial charge in [0.1, 0.15) is 11.5 Å². The van der Waals surface area contributed by atoms with Crippen LogP contribution in [0.15, 0.2) is 22.9 Å². The Labute approximate surface area is 190 Å². The molecule has 1 aromatic carbocycles. The Morgan fingerprint density at radius 3 is 1.50 bits per heavy atom. The number of benzene rings is 1. The van der Waals surface area contributed by atoms with Crippen molar-refractivity contribution in [1.82, 2.24) is 0 Å². The van der Waals surface area contributed by atoms with Crippen molar-refractivity contribution in [1.29, 1.82) is 0 Å². The molecule has 0 aliphatic heterocycles. The normalized spacial score (nSPS) is 13.7. The van der Waals surface area contributed by atoms with E-state index in [9.17, 15) is 0 Å². The van der Waals surface area contributed by atoms with Crippen molar-refractivity contribution >= 4 is 42.8 Å². The molecule has 0 N–H and O–H groups in total. The topological polar surface area (TPSA) is 18.5 Å². The number of ether oxygens (including phenoxy) is 2.